The number of methoxy groups -OCH3 is 1. The maximum absolute atomic E-state index is 12.8. The molecule has 1 aromatic carbocycles. The van der Waals surface area contributed by atoms with Gasteiger partial charge < -0.3 is 4.74 Å². The molecule has 3 rings (SSSR count). The molecule has 0 bridgehead atoms. The van der Waals surface area contributed by atoms with E-state index in [0.717, 1.165) is 24.8 Å². The molecule has 1 saturated carbocycles. The molecular formula is C19H26O2. The van der Waals surface area contributed by atoms with Crippen molar-refractivity contribution in [3.63, 3.8) is 0 Å². The van der Waals surface area contributed by atoms with Crippen LogP contribution in [0.5, 0.6) is 0 Å². The van der Waals surface area contributed by atoms with Crippen LogP contribution in [0.25, 0.3) is 0 Å². The van der Waals surface area contributed by atoms with Crippen LogP contribution < -0.4 is 0 Å². The molecule has 0 spiro atoms. The lowest BCUT2D eigenvalue weighted by atomic mass is 9.75. The van der Waals surface area contributed by atoms with E-state index in [0.29, 0.717) is 12.3 Å². The van der Waals surface area contributed by atoms with E-state index in [9.17, 15) is 4.79 Å². The SMILES string of the molecule is COC1(C(=O)Cc2ccc3c(c2)CCC3)CCCC(C)C1. The van der Waals surface area contributed by atoms with E-state index < -0.39 is 5.60 Å². The van der Waals surface area contributed by atoms with E-state index in [4.69, 9.17) is 4.74 Å². The Bertz CT molecular complexity index is 534. The van der Waals surface area contributed by atoms with Crippen molar-refractivity contribution in [1.82, 2.24) is 0 Å². The van der Waals surface area contributed by atoms with Gasteiger partial charge in [0.25, 0.3) is 0 Å². The third-order valence-electron chi connectivity index (χ3n) is 5.38. The number of Topliss-reactive ketones (excluding diaryl/α,β-unsaturated/α-hetero) is 1. The Hall–Kier alpha value is -1.15. The first kappa shape index (κ1) is 14.8. The molecule has 21 heavy (non-hydrogen) atoms. The maximum Gasteiger partial charge on any atom is 0.168 e. The highest BCUT2D eigenvalue weighted by molar-refractivity contribution is 5.89. The normalized spacial score (nSPS) is 28.4. The van der Waals surface area contributed by atoms with Crippen molar-refractivity contribution in [2.45, 2.75) is 63.9 Å². The van der Waals surface area contributed by atoms with Crippen LogP contribution in [0.15, 0.2) is 18.2 Å². The molecule has 0 radical (unpaired) electrons. The van der Waals surface area contributed by atoms with Gasteiger partial charge in [0.1, 0.15) is 5.60 Å². The quantitative estimate of drug-likeness (QED) is 0.839. The fourth-order valence-electron chi connectivity index (χ4n) is 4.14. The highest BCUT2D eigenvalue weighted by Crippen LogP contribution is 2.36. The van der Waals surface area contributed by atoms with Gasteiger partial charge in [-0.25, -0.2) is 0 Å². The second kappa shape index (κ2) is 5.92. The van der Waals surface area contributed by atoms with Crippen molar-refractivity contribution in [2.75, 3.05) is 7.11 Å². The zero-order valence-corrected chi connectivity index (χ0v) is 13.3. The standard InChI is InChI=1S/C19H26O2/c1-14-5-4-10-19(13-14,21-2)18(20)12-15-8-9-16-6-3-7-17(16)11-15/h8-9,11,14H,3-7,10,12-13H2,1-2H3. The molecule has 1 fully saturated rings. The van der Waals surface area contributed by atoms with Crippen LogP contribution in [-0.4, -0.2) is 18.5 Å². The highest BCUT2D eigenvalue weighted by atomic mass is 16.5. The molecule has 2 aliphatic rings. The van der Waals surface area contributed by atoms with E-state index in [1.54, 1.807) is 7.11 Å². The lowest BCUT2D eigenvalue weighted by Crippen LogP contribution is -2.45. The molecule has 1 aromatic rings. The number of aryl methyl sites for hydroxylation is 2. The van der Waals surface area contributed by atoms with Gasteiger partial charge >= 0.3 is 0 Å². The fourth-order valence-corrected chi connectivity index (χ4v) is 4.14. The first-order valence-electron chi connectivity index (χ1n) is 8.32. The monoisotopic (exact) mass is 286 g/mol. The average Bonchev–Trinajstić information content (AvgIpc) is 2.94. The summed E-state index contributed by atoms with van der Waals surface area (Å²) >= 11 is 0. The Labute approximate surface area is 127 Å². The number of carbonyl (C=O) groups is 1. The molecule has 0 amide bonds. The van der Waals surface area contributed by atoms with Crippen LogP contribution in [0.3, 0.4) is 0 Å². The minimum Gasteiger partial charge on any atom is -0.370 e. The summed E-state index contributed by atoms with van der Waals surface area (Å²) in [5.41, 5.74) is 3.55. The summed E-state index contributed by atoms with van der Waals surface area (Å²) < 4.78 is 5.73. The first-order chi connectivity index (χ1) is 10.1. The van der Waals surface area contributed by atoms with Crippen LogP contribution >= 0.6 is 0 Å². The number of carbonyl (C=O) groups excluding carboxylic acids is 1. The summed E-state index contributed by atoms with van der Waals surface area (Å²) in [6.07, 6.45) is 8.24. The van der Waals surface area contributed by atoms with Crippen molar-refractivity contribution in [2.24, 2.45) is 5.92 Å². The van der Waals surface area contributed by atoms with Crippen molar-refractivity contribution in [1.29, 1.82) is 0 Å². The number of ether oxygens (including phenoxy) is 1. The van der Waals surface area contributed by atoms with Crippen LogP contribution in [0, 0.1) is 5.92 Å². The second-order valence-corrected chi connectivity index (χ2v) is 6.96. The van der Waals surface area contributed by atoms with Gasteiger partial charge in [-0.1, -0.05) is 31.5 Å². The largest absolute Gasteiger partial charge is 0.370 e. The Balaban J connectivity index is 1.75. The number of hydrogen-bond acceptors (Lipinski definition) is 2. The van der Waals surface area contributed by atoms with Gasteiger partial charge in [0.05, 0.1) is 0 Å². The Morgan fingerprint density at radius 3 is 2.86 bits per heavy atom. The molecule has 2 unspecified atom stereocenters. The maximum atomic E-state index is 12.8. The van der Waals surface area contributed by atoms with Crippen LogP contribution in [0.4, 0.5) is 0 Å². The molecular weight excluding hydrogens is 260 g/mol. The molecule has 0 aliphatic heterocycles. The van der Waals surface area contributed by atoms with Crippen molar-refractivity contribution >= 4 is 5.78 Å². The van der Waals surface area contributed by atoms with Gasteiger partial charge in [-0.3, -0.25) is 4.79 Å². The molecule has 2 aliphatic carbocycles. The molecule has 114 valence electrons. The van der Waals surface area contributed by atoms with Gasteiger partial charge in [0.15, 0.2) is 5.78 Å². The summed E-state index contributed by atoms with van der Waals surface area (Å²) in [5.74, 6) is 0.858. The molecule has 0 heterocycles. The van der Waals surface area contributed by atoms with E-state index in [1.165, 1.54) is 36.8 Å². The summed E-state index contributed by atoms with van der Waals surface area (Å²) in [6.45, 7) is 2.23. The summed E-state index contributed by atoms with van der Waals surface area (Å²) in [4.78, 5) is 12.8. The topological polar surface area (TPSA) is 26.3 Å². The van der Waals surface area contributed by atoms with Gasteiger partial charge in [-0.15, -0.1) is 0 Å². The van der Waals surface area contributed by atoms with E-state index in [1.807, 2.05) is 0 Å². The number of benzene rings is 1. The van der Waals surface area contributed by atoms with Crippen LogP contribution in [0.2, 0.25) is 0 Å². The average molecular weight is 286 g/mol. The first-order valence-corrected chi connectivity index (χ1v) is 8.32. The lowest BCUT2D eigenvalue weighted by molar-refractivity contribution is -0.146. The van der Waals surface area contributed by atoms with Gasteiger partial charge in [-0.2, -0.15) is 0 Å². The number of ketones is 1. The number of rotatable bonds is 4. The molecule has 2 nitrogen and oxygen atoms in total. The molecule has 0 aromatic heterocycles. The van der Waals surface area contributed by atoms with E-state index in [2.05, 4.69) is 25.1 Å². The van der Waals surface area contributed by atoms with E-state index >= 15 is 0 Å². The summed E-state index contributed by atoms with van der Waals surface area (Å²) in [6, 6.07) is 6.60. The third-order valence-corrected chi connectivity index (χ3v) is 5.38. The molecule has 0 saturated heterocycles. The third kappa shape index (κ3) is 2.91. The van der Waals surface area contributed by atoms with Crippen molar-refractivity contribution in [3.05, 3.63) is 34.9 Å². The lowest BCUT2D eigenvalue weighted by Gasteiger charge is -2.37. The number of fused-ring (bicyclic) bond motifs is 1. The summed E-state index contributed by atoms with van der Waals surface area (Å²) in [5, 5.41) is 0. The van der Waals surface area contributed by atoms with E-state index in [-0.39, 0.29) is 5.78 Å². The van der Waals surface area contributed by atoms with Gasteiger partial charge in [-0.05, 0) is 61.1 Å². The fraction of sp³-hybridized carbons (Fsp3) is 0.632. The van der Waals surface area contributed by atoms with Crippen molar-refractivity contribution in [3.8, 4) is 0 Å². The minimum absolute atomic E-state index is 0.273. The van der Waals surface area contributed by atoms with Crippen molar-refractivity contribution < 1.29 is 9.53 Å². The minimum atomic E-state index is -0.531. The Morgan fingerprint density at radius 2 is 2.10 bits per heavy atom. The molecule has 2 heteroatoms. The molecule has 2 atom stereocenters. The Kier molecular flexibility index (Phi) is 4.17. The van der Waals surface area contributed by atoms with Crippen LogP contribution in [0.1, 0.15) is 55.7 Å². The zero-order valence-electron chi connectivity index (χ0n) is 13.3. The van der Waals surface area contributed by atoms with Gasteiger partial charge in [0, 0.05) is 13.5 Å². The zero-order chi connectivity index (χ0) is 14.9. The smallest absolute Gasteiger partial charge is 0.168 e. The van der Waals surface area contributed by atoms with Gasteiger partial charge in [0.2, 0.25) is 0 Å². The predicted molar refractivity (Wildman–Crippen MR) is 84.6 cm³/mol. The predicted octanol–water partition coefficient (Wildman–Crippen LogP) is 3.88. The highest BCUT2D eigenvalue weighted by Gasteiger charge is 2.41. The summed E-state index contributed by atoms with van der Waals surface area (Å²) in [7, 11) is 1.71. The second-order valence-electron chi connectivity index (χ2n) is 6.96. The Morgan fingerprint density at radius 1 is 1.29 bits per heavy atom. The number of hydrogen-bond donors (Lipinski definition) is 0. The van der Waals surface area contributed by atoms with Crippen LogP contribution in [-0.2, 0) is 28.8 Å². The molecule has 0 N–H and O–H groups in total.